The minimum absolute atomic E-state index is 0.103. The number of thioether (sulfide) groups is 1. The van der Waals surface area contributed by atoms with Crippen LogP contribution < -0.4 is 16.0 Å². The number of allylic oxidation sites excluding steroid dienone is 2. The molecule has 0 amide bonds. The van der Waals surface area contributed by atoms with Crippen LogP contribution in [0.1, 0.15) is 19.0 Å². The lowest BCUT2D eigenvalue weighted by molar-refractivity contribution is 0.186. The van der Waals surface area contributed by atoms with E-state index in [2.05, 4.69) is 22.9 Å². The average molecular weight is 349 g/mol. The van der Waals surface area contributed by atoms with E-state index in [9.17, 15) is 9.65 Å². The number of rotatable bonds is 8. The molecule has 0 aliphatic heterocycles. The maximum absolute atomic E-state index is 13.5. The van der Waals surface area contributed by atoms with E-state index in [0.717, 1.165) is 10.7 Å². The molecule has 3 N–H and O–H groups in total. The molecule has 24 heavy (non-hydrogen) atoms. The van der Waals surface area contributed by atoms with Crippen LogP contribution in [0.15, 0.2) is 35.4 Å². The molecule has 0 aliphatic rings. The third-order valence-corrected chi connectivity index (χ3v) is 3.93. The van der Waals surface area contributed by atoms with E-state index in [1.54, 1.807) is 0 Å². The van der Waals surface area contributed by atoms with Gasteiger partial charge in [-0.1, -0.05) is 6.58 Å². The first kappa shape index (κ1) is 20.0. The molecule has 0 fully saturated rings. The van der Waals surface area contributed by atoms with Crippen LogP contribution in [0.25, 0.3) is 5.70 Å². The molecule has 0 aromatic carbocycles. The van der Waals surface area contributed by atoms with Gasteiger partial charge in [-0.25, -0.2) is 9.37 Å². The summed E-state index contributed by atoms with van der Waals surface area (Å²) >= 11 is 1.51. The second kappa shape index (κ2) is 8.71. The molecule has 1 heterocycles. The number of pyridine rings is 1. The van der Waals surface area contributed by atoms with Gasteiger partial charge in [0, 0.05) is 27.1 Å². The molecule has 5 nitrogen and oxygen atoms in total. The Morgan fingerprint density at radius 3 is 2.71 bits per heavy atom. The fourth-order valence-corrected chi connectivity index (χ4v) is 2.42. The molecule has 1 atom stereocenters. The number of nitriles is 1. The van der Waals surface area contributed by atoms with E-state index in [-0.39, 0.29) is 13.0 Å². The molecule has 1 aromatic heterocycles. The van der Waals surface area contributed by atoms with Crippen LogP contribution in [0.2, 0.25) is 0 Å². The highest BCUT2D eigenvalue weighted by Crippen LogP contribution is 2.28. The van der Waals surface area contributed by atoms with E-state index in [4.69, 9.17) is 5.73 Å². The summed E-state index contributed by atoms with van der Waals surface area (Å²) in [6.07, 6.45) is 3.50. The summed E-state index contributed by atoms with van der Waals surface area (Å²) in [6, 6.07) is 5.97. The van der Waals surface area contributed by atoms with Gasteiger partial charge in [-0.15, -0.1) is 11.8 Å². The second-order valence-corrected chi connectivity index (χ2v) is 6.50. The predicted octanol–water partition coefficient (Wildman–Crippen LogP) is 2.91. The molecule has 1 aromatic rings. The smallest absolute Gasteiger partial charge is 0.158 e. The summed E-state index contributed by atoms with van der Waals surface area (Å²) in [6.45, 7) is 5.27. The normalized spacial score (nSPS) is 14.2. The first-order chi connectivity index (χ1) is 11.2. The Hall–Kier alpha value is -2.04. The molecule has 1 unspecified atom stereocenters. The van der Waals surface area contributed by atoms with Gasteiger partial charge in [0.2, 0.25) is 0 Å². The Bertz CT molecular complexity index is 656. The van der Waals surface area contributed by atoms with Crippen molar-refractivity contribution in [3.63, 3.8) is 0 Å². The topological polar surface area (TPSA) is 78.0 Å². The molecule has 0 spiro atoms. The fourth-order valence-electron chi connectivity index (χ4n) is 2.03. The van der Waals surface area contributed by atoms with E-state index in [1.165, 1.54) is 24.8 Å². The average Bonchev–Trinajstić information content (AvgIpc) is 2.52. The van der Waals surface area contributed by atoms with E-state index in [0.29, 0.717) is 17.0 Å². The van der Waals surface area contributed by atoms with Gasteiger partial charge in [0.1, 0.15) is 11.8 Å². The quantitative estimate of drug-likeness (QED) is 0.325. The lowest BCUT2D eigenvalue weighted by Crippen LogP contribution is -2.34. The molecule has 0 bridgehead atoms. The van der Waals surface area contributed by atoms with Gasteiger partial charge in [-0.05, 0) is 31.4 Å². The number of nitrogens with zero attached hydrogens (tertiary/aromatic N) is 3. The molecule has 0 radical (unpaired) electrons. The third kappa shape index (κ3) is 5.55. The summed E-state index contributed by atoms with van der Waals surface area (Å²) in [5, 5.41) is 13.3. The number of alkyl halides is 1. The number of nitrogens with two attached hydrogens (primary N) is 1. The zero-order valence-corrected chi connectivity index (χ0v) is 15.4. The van der Waals surface area contributed by atoms with Crippen LogP contribution >= 0.6 is 11.8 Å². The van der Waals surface area contributed by atoms with Gasteiger partial charge < -0.3 is 10.2 Å². The summed E-state index contributed by atoms with van der Waals surface area (Å²) < 4.78 is 13.5. The Labute approximate surface area is 147 Å². The molecular weight excluding hydrogens is 325 g/mol. The van der Waals surface area contributed by atoms with Crippen LogP contribution in [0.5, 0.6) is 0 Å². The van der Waals surface area contributed by atoms with Crippen molar-refractivity contribution >= 4 is 23.1 Å². The third-order valence-electron chi connectivity index (χ3n) is 3.29. The summed E-state index contributed by atoms with van der Waals surface area (Å²) in [5.41, 5.74) is 7.74. The lowest BCUT2D eigenvalue weighted by Gasteiger charge is -2.22. The van der Waals surface area contributed by atoms with Crippen molar-refractivity contribution in [2.24, 2.45) is 5.73 Å². The Morgan fingerprint density at radius 2 is 2.25 bits per heavy atom. The number of halogens is 1. The molecule has 0 saturated heterocycles. The standard InChI is InChI=1S/C17H24FN5S/c1-6-12(11-19)15(21-10-9-17(2,18)20)16-13(23(3)4)7-8-14(22-16)24-5/h6-8,21H,1,9-10,20H2,2-5H3/b15-12-. The van der Waals surface area contributed by atoms with E-state index >= 15 is 0 Å². The van der Waals surface area contributed by atoms with Crippen molar-refractivity contribution in [2.45, 2.75) is 24.2 Å². The van der Waals surface area contributed by atoms with Crippen LogP contribution in [-0.2, 0) is 0 Å². The Balaban J connectivity index is 3.37. The minimum atomic E-state index is -1.78. The van der Waals surface area contributed by atoms with Gasteiger partial charge in [0.05, 0.1) is 22.0 Å². The number of anilines is 1. The number of hydrogen-bond donors (Lipinski definition) is 2. The van der Waals surface area contributed by atoms with Crippen molar-refractivity contribution < 1.29 is 4.39 Å². The van der Waals surface area contributed by atoms with Gasteiger partial charge in [0.25, 0.3) is 0 Å². The minimum Gasteiger partial charge on any atom is -0.382 e. The first-order valence-corrected chi connectivity index (χ1v) is 8.67. The van der Waals surface area contributed by atoms with Crippen molar-refractivity contribution in [3.8, 4) is 6.07 Å². The van der Waals surface area contributed by atoms with Crippen molar-refractivity contribution in [2.75, 3.05) is 31.8 Å². The molecule has 0 saturated carbocycles. The summed E-state index contributed by atoms with van der Waals surface area (Å²) in [7, 11) is 3.80. The number of hydrogen-bond acceptors (Lipinski definition) is 6. The van der Waals surface area contributed by atoms with E-state index in [1.807, 2.05) is 37.4 Å². The van der Waals surface area contributed by atoms with Gasteiger partial charge in [-0.3, -0.25) is 5.73 Å². The lowest BCUT2D eigenvalue weighted by atomic mass is 10.1. The monoisotopic (exact) mass is 349 g/mol. The van der Waals surface area contributed by atoms with Crippen molar-refractivity contribution in [1.29, 1.82) is 5.26 Å². The maximum atomic E-state index is 13.5. The zero-order valence-electron chi connectivity index (χ0n) is 14.6. The highest BCUT2D eigenvalue weighted by molar-refractivity contribution is 7.98. The van der Waals surface area contributed by atoms with Gasteiger partial charge in [-0.2, -0.15) is 5.26 Å². The fraction of sp³-hybridized carbons (Fsp3) is 0.412. The molecular formula is C17H24FN5S. The molecule has 7 heteroatoms. The SMILES string of the molecule is C=C/C(C#N)=C(/NCCC(C)(N)F)c1nc(SC)ccc1N(C)C. The van der Waals surface area contributed by atoms with Crippen LogP contribution in [0, 0.1) is 11.3 Å². The molecule has 1 rings (SSSR count). The zero-order chi connectivity index (χ0) is 18.3. The predicted molar refractivity (Wildman–Crippen MR) is 99.4 cm³/mol. The van der Waals surface area contributed by atoms with Crippen LogP contribution in [0.3, 0.4) is 0 Å². The first-order valence-electron chi connectivity index (χ1n) is 7.44. The highest BCUT2D eigenvalue weighted by Gasteiger charge is 2.19. The maximum Gasteiger partial charge on any atom is 0.158 e. The van der Waals surface area contributed by atoms with Crippen molar-refractivity contribution in [3.05, 3.63) is 36.1 Å². The number of aromatic nitrogens is 1. The van der Waals surface area contributed by atoms with Gasteiger partial charge in [0.15, 0.2) is 5.79 Å². The van der Waals surface area contributed by atoms with Crippen molar-refractivity contribution in [1.82, 2.24) is 10.3 Å². The Morgan fingerprint density at radius 1 is 1.58 bits per heavy atom. The second-order valence-electron chi connectivity index (χ2n) is 5.68. The number of nitrogens with one attached hydrogen (secondary N) is 1. The highest BCUT2D eigenvalue weighted by atomic mass is 32.2. The van der Waals surface area contributed by atoms with E-state index < -0.39 is 5.79 Å². The van der Waals surface area contributed by atoms with Crippen LogP contribution in [-0.4, -0.2) is 37.7 Å². The van der Waals surface area contributed by atoms with Gasteiger partial charge >= 0.3 is 0 Å². The Kier molecular flexibility index (Phi) is 7.26. The summed E-state index contributed by atoms with van der Waals surface area (Å²) in [5.74, 6) is -1.78. The van der Waals surface area contributed by atoms with Crippen LogP contribution in [0.4, 0.5) is 10.1 Å². The molecule has 130 valence electrons. The molecule has 0 aliphatic carbocycles. The summed E-state index contributed by atoms with van der Waals surface area (Å²) in [4.78, 5) is 6.53. The largest absolute Gasteiger partial charge is 0.382 e.